The van der Waals surface area contributed by atoms with Crippen LogP contribution in [-0.4, -0.2) is 19.2 Å². The van der Waals surface area contributed by atoms with Crippen molar-refractivity contribution in [3.05, 3.63) is 30.3 Å². The first-order chi connectivity index (χ1) is 11.7. The first kappa shape index (κ1) is 18.1. The van der Waals surface area contributed by atoms with E-state index in [1.54, 1.807) is 6.07 Å². The summed E-state index contributed by atoms with van der Waals surface area (Å²) in [6.45, 7) is 6.89. The molecule has 0 bridgehead atoms. The number of carbonyl (C=O) groups is 1. The van der Waals surface area contributed by atoms with Crippen LogP contribution in [0.1, 0.15) is 46.5 Å². The Bertz CT molecular complexity index is 679. The first-order valence-corrected chi connectivity index (χ1v) is 8.67. The molecule has 0 radical (unpaired) electrons. The molecule has 0 aliphatic carbocycles. The van der Waals surface area contributed by atoms with Gasteiger partial charge in [0.1, 0.15) is 5.75 Å². The number of hydrogen-bond donors (Lipinski definition) is 0. The van der Waals surface area contributed by atoms with Gasteiger partial charge in [0.05, 0.1) is 13.2 Å². The summed E-state index contributed by atoms with van der Waals surface area (Å²) in [5, 5.41) is 1.75. The Morgan fingerprint density at radius 3 is 2.17 bits per heavy atom. The normalized spacial score (nSPS) is 10.6. The maximum Gasteiger partial charge on any atom is 0.308 e. The van der Waals surface area contributed by atoms with Crippen molar-refractivity contribution in [3.8, 4) is 17.2 Å². The summed E-state index contributed by atoms with van der Waals surface area (Å²) in [6.07, 6.45) is 4.06. The average Bonchev–Trinajstić information content (AvgIpc) is 2.57. The summed E-state index contributed by atoms with van der Waals surface area (Å²) in [7, 11) is 0. The Hall–Kier alpha value is -2.23. The van der Waals surface area contributed by atoms with Crippen molar-refractivity contribution in [2.24, 2.45) is 0 Å². The van der Waals surface area contributed by atoms with Crippen molar-refractivity contribution in [2.75, 3.05) is 13.2 Å². The lowest BCUT2D eigenvalue weighted by Gasteiger charge is -2.17. The minimum absolute atomic E-state index is 0.348. The van der Waals surface area contributed by atoms with Crippen molar-refractivity contribution in [1.29, 1.82) is 0 Å². The number of benzene rings is 2. The van der Waals surface area contributed by atoms with Crippen LogP contribution in [0, 0.1) is 0 Å². The molecule has 4 heteroatoms. The molecule has 4 nitrogen and oxygen atoms in total. The molecule has 0 aliphatic heterocycles. The molecule has 2 aromatic rings. The van der Waals surface area contributed by atoms with Crippen LogP contribution in [0.5, 0.6) is 17.2 Å². The maximum absolute atomic E-state index is 11.4. The summed E-state index contributed by atoms with van der Waals surface area (Å²) in [4.78, 5) is 11.4. The van der Waals surface area contributed by atoms with E-state index in [2.05, 4.69) is 13.8 Å². The van der Waals surface area contributed by atoms with Crippen LogP contribution in [0.25, 0.3) is 10.8 Å². The largest absolute Gasteiger partial charge is 0.490 e. The van der Waals surface area contributed by atoms with Gasteiger partial charge in [0.2, 0.25) is 0 Å². The van der Waals surface area contributed by atoms with Gasteiger partial charge in [0.15, 0.2) is 11.5 Å². The number of rotatable bonds is 9. The van der Waals surface area contributed by atoms with Gasteiger partial charge in [-0.05, 0) is 12.8 Å². The quantitative estimate of drug-likeness (QED) is 0.363. The van der Waals surface area contributed by atoms with Gasteiger partial charge in [-0.1, -0.05) is 51.0 Å². The predicted molar refractivity (Wildman–Crippen MR) is 96.1 cm³/mol. The number of esters is 1. The SMILES string of the molecule is CCCCOc1cc(OC(C)=O)c2ccccc2c1OCCCC. The molecule has 0 spiro atoms. The molecule has 0 saturated heterocycles. The highest BCUT2D eigenvalue weighted by Crippen LogP contribution is 2.42. The van der Waals surface area contributed by atoms with Crippen molar-refractivity contribution in [2.45, 2.75) is 46.5 Å². The van der Waals surface area contributed by atoms with Crippen LogP contribution in [0.4, 0.5) is 0 Å². The minimum atomic E-state index is -0.348. The molecule has 0 amide bonds. The van der Waals surface area contributed by atoms with Gasteiger partial charge in [-0.2, -0.15) is 0 Å². The fourth-order valence-electron chi connectivity index (χ4n) is 2.43. The summed E-state index contributed by atoms with van der Waals surface area (Å²) in [5.41, 5.74) is 0. The van der Waals surface area contributed by atoms with Gasteiger partial charge >= 0.3 is 5.97 Å². The van der Waals surface area contributed by atoms with Crippen LogP contribution in [0.3, 0.4) is 0 Å². The lowest BCUT2D eigenvalue weighted by atomic mass is 10.1. The van der Waals surface area contributed by atoms with E-state index >= 15 is 0 Å². The van der Waals surface area contributed by atoms with Gasteiger partial charge in [-0.25, -0.2) is 0 Å². The number of carbonyl (C=O) groups excluding carboxylic acids is 1. The third-order valence-electron chi connectivity index (χ3n) is 3.68. The second kappa shape index (κ2) is 9.16. The number of fused-ring (bicyclic) bond motifs is 1. The standard InChI is InChI=1S/C20H26O4/c1-4-6-12-22-19-14-18(24-15(3)21)16-10-8-9-11-17(16)20(19)23-13-7-5-2/h8-11,14H,4-7,12-13H2,1-3H3. The molecule has 0 aromatic heterocycles. The van der Waals surface area contributed by atoms with Gasteiger partial charge in [-0.3, -0.25) is 4.79 Å². The maximum atomic E-state index is 11.4. The van der Waals surface area contributed by atoms with Crippen molar-refractivity contribution < 1.29 is 19.0 Å². The minimum Gasteiger partial charge on any atom is -0.490 e. The summed E-state index contributed by atoms with van der Waals surface area (Å²) in [6, 6.07) is 9.53. The zero-order valence-electron chi connectivity index (χ0n) is 14.8. The van der Waals surface area contributed by atoms with Crippen molar-refractivity contribution >= 4 is 16.7 Å². The smallest absolute Gasteiger partial charge is 0.308 e. The molecule has 0 unspecified atom stereocenters. The number of unbranched alkanes of at least 4 members (excludes halogenated alkanes) is 2. The van der Waals surface area contributed by atoms with Gasteiger partial charge < -0.3 is 14.2 Å². The van der Waals surface area contributed by atoms with E-state index < -0.39 is 0 Å². The van der Waals surface area contributed by atoms with E-state index in [1.807, 2.05) is 24.3 Å². The molecule has 0 aliphatic rings. The Labute approximate surface area is 143 Å². The molecule has 0 fully saturated rings. The van der Waals surface area contributed by atoms with Crippen LogP contribution in [0.2, 0.25) is 0 Å². The second-order valence-electron chi connectivity index (χ2n) is 5.75. The molecule has 2 rings (SSSR count). The third kappa shape index (κ3) is 4.63. The van der Waals surface area contributed by atoms with E-state index in [9.17, 15) is 4.79 Å². The molecule has 0 heterocycles. The highest BCUT2D eigenvalue weighted by molar-refractivity contribution is 5.96. The molecule has 0 saturated carbocycles. The zero-order valence-corrected chi connectivity index (χ0v) is 14.8. The molecule has 24 heavy (non-hydrogen) atoms. The summed E-state index contributed by atoms with van der Waals surface area (Å²) in [5.74, 6) is 1.52. The highest BCUT2D eigenvalue weighted by Gasteiger charge is 2.16. The van der Waals surface area contributed by atoms with Crippen LogP contribution >= 0.6 is 0 Å². The Morgan fingerprint density at radius 1 is 0.917 bits per heavy atom. The Kier molecular flexibility index (Phi) is 6.91. The highest BCUT2D eigenvalue weighted by atomic mass is 16.5. The van der Waals surface area contributed by atoms with Crippen molar-refractivity contribution in [3.63, 3.8) is 0 Å². The van der Waals surface area contributed by atoms with Crippen LogP contribution in [0.15, 0.2) is 30.3 Å². The molecule has 130 valence electrons. The molecule has 0 N–H and O–H groups in total. The monoisotopic (exact) mass is 330 g/mol. The number of hydrogen-bond acceptors (Lipinski definition) is 4. The lowest BCUT2D eigenvalue weighted by molar-refractivity contribution is -0.131. The average molecular weight is 330 g/mol. The Morgan fingerprint density at radius 2 is 1.54 bits per heavy atom. The van der Waals surface area contributed by atoms with Gasteiger partial charge in [0, 0.05) is 23.8 Å². The van der Waals surface area contributed by atoms with E-state index in [0.717, 1.165) is 42.2 Å². The Balaban J connectivity index is 2.47. The van der Waals surface area contributed by atoms with Crippen LogP contribution < -0.4 is 14.2 Å². The summed E-state index contributed by atoms with van der Waals surface area (Å²) >= 11 is 0. The molecular formula is C20H26O4. The molecular weight excluding hydrogens is 304 g/mol. The topological polar surface area (TPSA) is 44.8 Å². The van der Waals surface area contributed by atoms with Gasteiger partial charge in [0.25, 0.3) is 0 Å². The fraction of sp³-hybridized carbons (Fsp3) is 0.450. The zero-order chi connectivity index (χ0) is 17.4. The van der Waals surface area contributed by atoms with E-state index in [0.29, 0.717) is 24.7 Å². The van der Waals surface area contributed by atoms with E-state index in [-0.39, 0.29) is 5.97 Å². The van der Waals surface area contributed by atoms with Gasteiger partial charge in [-0.15, -0.1) is 0 Å². The second-order valence-corrected chi connectivity index (χ2v) is 5.75. The van der Waals surface area contributed by atoms with E-state index in [1.165, 1.54) is 6.92 Å². The third-order valence-corrected chi connectivity index (χ3v) is 3.68. The lowest BCUT2D eigenvalue weighted by Crippen LogP contribution is -2.06. The number of ether oxygens (including phenoxy) is 3. The van der Waals surface area contributed by atoms with Crippen LogP contribution in [-0.2, 0) is 4.79 Å². The fourth-order valence-corrected chi connectivity index (χ4v) is 2.43. The summed E-state index contributed by atoms with van der Waals surface area (Å²) < 4.78 is 17.3. The van der Waals surface area contributed by atoms with E-state index in [4.69, 9.17) is 14.2 Å². The first-order valence-electron chi connectivity index (χ1n) is 8.67. The molecule has 0 atom stereocenters. The van der Waals surface area contributed by atoms with Crippen molar-refractivity contribution in [1.82, 2.24) is 0 Å². The molecule has 2 aromatic carbocycles. The predicted octanol–water partition coefficient (Wildman–Crippen LogP) is 5.12.